The van der Waals surface area contributed by atoms with Crippen LogP contribution in [0.15, 0.2) is 18.5 Å². The van der Waals surface area contributed by atoms with E-state index < -0.39 is 0 Å². The lowest BCUT2D eigenvalue weighted by atomic mass is 10.0. The second-order valence-electron chi connectivity index (χ2n) is 6.28. The molecule has 20 heavy (non-hydrogen) atoms. The normalized spacial score (nSPS) is 29.4. The Bertz CT molecular complexity index is 425. The van der Waals surface area contributed by atoms with Gasteiger partial charge in [0.1, 0.15) is 0 Å². The minimum atomic E-state index is 0.351. The molecule has 2 saturated heterocycles. The molecule has 2 aliphatic rings. The van der Waals surface area contributed by atoms with Crippen LogP contribution in [0.25, 0.3) is 0 Å². The third-order valence-electron chi connectivity index (χ3n) is 4.52. The van der Waals surface area contributed by atoms with Crippen LogP contribution in [0, 0.1) is 5.92 Å². The van der Waals surface area contributed by atoms with Crippen LogP contribution in [0.2, 0.25) is 0 Å². The Kier molecular flexibility index (Phi) is 3.89. The standard InChI is InChI=1S/C15H24N4O/c1-11(2)18(3)9-13-7-12-8-19(10-14(12)20-13)15-16-5-4-6-17-15/h4-6,11-14H,7-10H2,1-3H3/t12-,13-,14+/m1/s1. The summed E-state index contributed by atoms with van der Waals surface area (Å²) >= 11 is 0. The summed E-state index contributed by atoms with van der Waals surface area (Å²) in [6.45, 7) is 7.44. The van der Waals surface area contributed by atoms with E-state index in [4.69, 9.17) is 4.74 Å². The maximum Gasteiger partial charge on any atom is 0.225 e. The first kappa shape index (κ1) is 13.8. The molecule has 2 aliphatic heterocycles. The van der Waals surface area contributed by atoms with Gasteiger partial charge in [-0.05, 0) is 33.4 Å². The van der Waals surface area contributed by atoms with Crippen molar-refractivity contribution in [2.75, 3.05) is 31.6 Å². The number of fused-ring (bicyclic) bond motifs is 1. The largest absolute Gasteiger partial charge is 0.371 e. The number of nitrogens with zero attached hydrogens (tertiary/aromatic N) is 4. The average molecular weight is 276 g/mol. The fraction of sp³-hybridized carbons (Fsp3) is 0.733. The zero-order chi connectivity index (χ0) is 14.1. The molecule has 0 N–H and O–H groups in total. The highest BCUT2D eigenvalue weighted by Crippen LogP contribution is 2.34. The Morgan fingerprint density at radius 2 is 2.10 bits per heavy atom. The highest BCUT2D eigenvalue weighted by Gasteiger charge is 2.42. The molecule has 3 atom stereocenters. The summed E-state index contributed by atoms with van der Waals surface area (Å²) in [6, 6.07) is 2.43. The van der Waals surface area contributed by atoms with Gasteiger partial charge < -0.3 is 14.5 Å². The van der Waals surface area contributed by atoms with E-state index in [0.29, 0.717) is 24.2 Å². The third-order valence-corrected chi connectivity index (χ3v) is 4.52. The van der Waals surface area contributed by atoms with Gasteiger partial charge >= 0.3 is 0 Å². The van der Waals surface area contributed by atoms with Crippen molar-refractivity contribution in [1.29, 1.82) is 0 Å². The van der Waals surface area contributed by atoms with Gasteiger partial charge in [-0.25, -0.2) is 9.97 Å². The van der Waals surface area contributed by atoms with Crippen molar-refractivity contribution in [3.8, 4) is 0 Å². The van der Waals surface area contributed by atoms with E-state index in [1.54, 1.807) is 12.4 Å². The molecule has 0 saturated carbocycles. The molecule has 3 rings (SSSR count). The van der Waals surface area contributed by atoms with Crippen molar-refractivity contribution in [2.45, 2.75) is 38.5 Å². The first-order valence-electron chi connectivity index (χ1n) is 7.51. The summed E-state index contributed by atoms with van der Waals surface area (Å²) in [4.78, 5) is 13.3. The van der Waals surface area contributed by atoms with Crippen LogP contribution < -0.4 is 4.90 Å². The molecule has 0 spiro atoms. The Balaban J connectivity index is 1.55. The molecule has 0 aliphatic carbocycles. The summed E-state index contributed by atoms with van der Waals surface area (Å²) < 4.78 is 6.22. The van der Waals surface area contributed by atoms with E-state index in [2.05, 4.69) is 40.7 Å². The Morgan fingerprint density at radius 3 is 2.75 bits per heavy atom. The summed E-state index contributed by atoms with van der Waals surface area (Å²) in [5, 5.41) is 0. The zero-order valence-electron chi connectivity index (χ0n) is 12.6. The third kappa shape index (κ3) is 2.79. The minimum Gasteiger partial charge on any atom is -0.371 e. The predicted octanol–water partition coefficient (Wildman–Crippen LogP) is 1.41. The second-order valence-corrected chi connectivity index (χ2v) is 6.28. The van der Waals surface area contributed by atoms with Crippen LogP contribution >= 0.6 is 0 Å². The predicted molar refractivity (Wildman–Crippen MR) is 78.8 cm³/mol. The summed E-state index contributed by atoms with van der Waals surface area (Å²) in [7, 11) is 2.17. The SMILES string of the molecule is CC(C)N(C)C[C@H]1C[C@@H]2CN(c3ncccn3)C[C@@H]2O1. The molecular formula is C15H24N4O. The lowest BCUT2D eigenvalue weighted by Crippen LogP contribution is -2.35. The van der Waals surface area contributed by atoms with Crippen molar-refractivity contribution in [3.05, 3.63) is 18.5 Å². The van der Waals surface area contributed by atoms with Gasteiger partial charge in [0.15, 0.2) is 0 Å². The smallest absolute Gasteiger partial charge is 0.225 e. The number of anilines is 1. The van der Waals surface area contributed by atoms with Gasteiger partial charge in [-0.1, -0.05) is 0 Å². The highest BCUT2D eigenvalue weighted by atomic mass is 16.5. The molecule has 3 heterocycles. The van der Waals surface area contributed by atoms with Crippen molar-refractivity contribution in [1.82, 2.24) is 14.9 Å². The van der Waals surface area contributed by atoms with Crippen LogP contribution in [0.5, 0.6) is 0 Å². The number of rotatable bonds is 4. The number of hydrogen-bond acceptors (Lipinski definition) is 5. The van der Waals surface area contributed by atoms with E-state index in [-0.39, 0.29) is 0 Å². The van der Waals surface area contributed by atoms with Gasteiger partial charge in [0.2, 0.25) is 5.95 Å². The molecule has 1 aromatic heterocycles. The molecule has 2 fully saturated rings. The number of likely N-dealkylation sites (N-methyl/N-ethyl adjacent to an activating group) is 1. The summed E-state index contributed by atoms with van der Waals surface area (Å²) in [5.74, 6) is 1.46. The second kappa shape index (κ2) is 5.66. The molecule has 0 aromatic carbocycles. The van der Waals surface area contributed by atoms with Gasteiger partial charge in [-0.3, -0.25) is 0 Å². The van der Waals surface area contributed by atoms with Crippen LogP contribution in [-0.2, 0) is 4.74 Å². The van der Waals surface area contributed by atoms with Crippen molar-refractivity contribution >= 4 is 5.95 Å². The van der Waals surface area contributed by atoms with Crippen molar-refractivity contribution < 1.29 is 4.74 Å². The summed E-state index contributed by atoms with van der Waals surface area (Å²) in [5.41, 5.74) is 0. The zero-order valence-corrected chi connectivity index (χ0v) is 12.6. The Labute approximate surface area is 121 Å². The van der Waals surface area contributed by atoms with Crippen molar-refractivity contribution in [2.24, 2.45) is 5.92 Å². The maximum absolute atomic E-state index is 6.22. The van der Waals surface area contributed by atoms with Crippen LogP contribution in [0.3, 0.4) is 0 Å². The number of aromatic nitrogens is 2. The summed E-state index contributed by atoms with van der Waals surface area (Å²) in [6.07, 6.45) is 5.50. The molecule has 5 nitrogen and oxygen atoms in total. The van der Waals surface area contributed by atoms with E-state index in [1.165, 1.54) is 0 Å². The topological polar surface area (TPSA) is 41.5 Å². The molecule has 0 bridgehead atoms. The van der Waals surface area contributed by atoms with Gasteiger partial charge in [-0.2, -0.15) is 0 Å². The molecule has 110 valence electrons. The van der Waals surface area contributed by atoms with E-state index in [1.807, 2.05) is 6.07 Å². The molecule has 5 heteroatoms. The molecule has 0 radical (unpaired) electrons. The minimum absolute atomic E-state index is 0.351. The molecule has 1 aromatic rings. The average Bonchev–Trinajstić information content (AvgIpc) is 2.97. The van der Waals surface area contributed by atoms with Gasteiger partial charge in [0, 0.05) is 44.0 Å². The number of ether oxygens (including phenoxy) is 1. The van der Waals surface area contributed by atoms with Crippen LogP contribution in [-0.4, -0.2) is 59.8 Å². The fourth-order valence-electron chi connectivity index (χ4n) is 3.13. The maximum atomic E-state index is 6.22. The Morgan fingerprint density at radius 1 is 1.35 bits per heavy atom. The van der Waals surface area contributed by atoms with E-state index in [0.717, 1.165) is 32.0 Å². The van der Waals surface area contributed by atoms with Gasteiger partial charge in [0.05, 0.1) is 12.2 Å². The number of hydrogen-bond donors (Lipinski definition) is 0. The Hall–Kier alpha value is -1.20. The quantitative estimate of drug-likeness (QED) is 0.832. The van der Waals surface area contributed by atoms with E-state index >= 15 is 0 Å². The lowest BCUT2D eigenvalue weighted by molar-refractivity contribution is 0.0265. The van der Waals surface area contributed by atoms with Crippen LogP contribution in [0.1, 0.15) is 20.3 Å². The van der Waals surface area contributed by atoms with Gasteiger partial charge in [0.25, 0.3) is 0 Å². The van der Waals surface area contributed by atoms with Crippen LogP contribution in [0.4, 0.5) is 5.95 Å². The fourth-order valence-corrected chi connectivity index (χ4v) is 3.13. The first-order chi connectivity index (χ1) is 9.63. The lowest BCUT2D eigenvalue weighted by Gasteiger charge is -2.25. The van der Waals surface area contributed by atoms with Crippen molar-refractivity contribution in [3.63, 3.8) is 0 Å². The van der Waals surface area contributed by atoms with E-state index in [9.17, 15) is 0 Å². The molecular weight excluding hydrogens is 252 g/mol. The van der Waals surface area contributed by atoms with Gasteiger partial charge in [-0.15, -0.1) is 0 Å². The monoisotopic (exact) mass is 276 g/mol. The highest BCUT2D eigenvalue weighted by molar-refractivity contribution is 5.32. The first-order valence-corrected chi connectivity index (χ1v) is 7.51. The molecule has 0 unspecified atom stereocenters. The molecule has 0 amide bonds.